The van der Waals surface area contributed by atoms with Crippen LogP contribution in [-0.2, 0) is 5.41 Å². The van der Waals surface area contributed by atoms with Gasteiger partial charge in [-0.25, -0.2) is 0 Å². The minimum absolute atomic E-state index is 0.625. The van der Waals surface area contributed by atoms with Crippen LogP contribution in [0.25, 0.3) is 55.3 Å². The lowest BCUT2D eigenvalue weighted by molar-refractivity contribution is 0.763. The zero-order valence-electron chi connectivity index (χ0n) is 32.9. The van der Waals surface area contributed by atoms with Gasteiger partial charge in [-0.2, -0.15) is 0 Å². The highest BCUT2D eigenvalue weighted by Gasteiger charge is 2.47. The van der Waals surface area contributed by atoms with Crippen LogP contribution in [0.15, 0.2) is 237 Å². The molecule has 3 nitrogen and oxygen atoms in total. The summed E-state index contributed by atoms with van der Waals surface area (Å²) in [4.78, 5) is 11.6. The summed E-state index contributed by atoms with van der Waals surface area (Å²) in [5.74, 6) is 0. The third-order valence-electron chi connectivity index (χ3n) is 12.2. The molecule has 0 radical (unpaired) electrons. The minimum Gasteiger partial charge on any atom is -0.309 e. The molecular formula is C57H39N3. The van der Waals surface area contributed by atoms with E-state index in [9.17, 15) is 0 Å². The van der Waals surface area contributed by atoms with E-state index in [4.69, 9.17) is 4.98 Å². The second kappa shape index (κ2) is 14.8. The third-order valence-corrected chi connectivity index (χ3v) is 12.2. The molecular weight excluding hydrogens is 727 g/mol. The van der Waals surface area contributed by atoms with E-state index in [1.54, 1.807) is 0 Å². The van der Waals surface area contributed by atoms with Crippen LogP contribution < -0.4 is 4.90 Å². The van der Waals surface area contributed by atoms with Crippen LogP contribution in [0.2, 0.25) is 0 Å². The lowest BCUT2D eigenvalue weighted by Gasteiger charge is -2.34. The van der Waals surface area contributed by atoms with E-state index in [0.29, 0.717) is 0 Å². The van der Waals surface area contributed by atoms with Crippen molar-refractivity contribution in [3.05, 3.63) is 259 Å². The molecule has 0 saturated heterocycles. The molecule has 282 valence electrons. The maximum atomic E-state index is 4.75. The number of fused-ring (bicyclic) bond motifs is 4. The Morgan fingerprint density at radius 3 is 1.67 bits per heavy atom. The lowest BCUT2D eigenvalue weighted by atomic mass is 9.68. The average Bonchev–Trinajstić information content (AvgIpc) is 3.65. The van der Waals surface area contributed by atoms with Gasteiger partial charge >= 0.3 is 0 Å². The second-order valence-corrected chi connectivity index (χ2v) is 15.3. The Morgan fingerprint density at radius 1 is 0.333 bits per heavy atom. The van der Waals surface area contributed by atoms with Gasteiger partial charge in [0.25, 0.3) is 0 Å². The molecule has 0 amide bonds. The van der Waals surface area contributed by atoms with Crippen molar-refractivity contribution in [2.45, 2.75) is 5.41 Å². The Balaban J connectivity index is 1.18. The summed E-state index contributed by atoms with van der Waals surface area (Å²) >= 11 is 0. The van der Waals surface area contributed by atoms with Gasteiger partial charge in [0.15, 0.2) is 0 Å². The lowest BCUT2D eigenvalue weighted by Crippen LogP contribution is -2.28. The largest absolute Gasteiger partial charge is 0.309 e. The van der Waals surface area contributed by atoms with Crippen molar-refractivity contribution in [3.8, 4) is 44.5 Å². The van der Waals surface area contributed by atoms with Crippen molar-refractivity contribution < 1.29 is 0 Å². The van der Waals surface area contributed by atoms with Gasteiger partial charge in [0.2, 0.25) is 0 Å². The van der Waals surface area contributed by atoms with Gasteiger partial charge in [-0.15, -0.1) is 0 Å². The Bertz CT molecular complexity index is 3110. The number of pyridine rings is 2. The van der Waals surface area contributed by atoms with Gasteiger partial charge in [-0.3, -0.25) is 9.97 Å². The zero-order chi connectivity index (χ0) is 39.9. The molecule has 0 N–H and O–H groups in total. The Morgan fingerprint density at radius 2 is 0.933 bits per heavy atom. The molecule has 1 aliphatic rings. The zero-order valence-corrected chi connectivity index (χ0v) is 32.9. The van der Waals surface area contributed by atoms with E-state index in [0.717, 1.165) is 33.8 Å². The molecule has 0 saturated carbocycles. The number of benzene rings is 8. The van der Waals surface area contributed by atoms with Gasteiger partial charge in [-0.1, -0.05) is 176 Å². The Kier molecular flexibility index (Phi) is 8.71. The number of nitrogens with zero attached hydrogens (tertiary/aromatic N) is 3. The van der Waals surface area contributed by atoms with Crippen LogP contribution >= 0.6 is 0 Å². The molecule has 1 aliphatic carbocycles. The molecule has 0 fully saturated rings. The van der Waals surface area contributed by atoms with Crippen LogP contribution in [0.1, 0.15) is 22.3 Å². The number of aromatic nitrogens is 2. The molecule has 10 aromatic rings. The molecule has 3 heteroatoms. The van der Waals surface area contributed by atoms with E-state index >= 15 is 0 Å². The standard InChI is InChI=1S/C57H39N3/c1-3-14-40(15-4-1)41-26-30-45(31-27-41)57(46-19-13-37-59-39-46)52-23-10-9-22-51(52)56-53(57)24-11-25-55(56)60(47-32-28-42(29-33-47)44-18-12-36-58-38-44)54-35-34-48(43-16-5-2-6-17-43)49-20-7-8-21-50(49)54/h1-39H. The van der Waals surface area contributed by atoms with Crippen molar-refractivity contribution in [3.63, 3.8) is 0 Å². The summed E-state index contributed by atoms with van der Waals surface area (Å²) in [7, 11) is 0. The van der Waals surface area contributed by atoms with Crippen LogP contribution in [0.5, 0.6) is 0 Å². The van der Waals surface area contributed by atoms with Crippen LogP contribution in [0, 0.1) is 0 Å². The fourth-order valence-corrected chi connectivity index (χ4v) is 9.50. The average molecular weight is 766 g/mol. The molecule has 1 unspecified atom stereocenters. The first-order valence-electron chi connectivity index (χ1n) is 20.5. The predicted octanol–water partition coefficient (Wildman–Crippen LogP) is 14.5. The predicted molar refractivity (Wildman–Crippen MR) is 248 cm³/mol. The first-order chi connectivity index (χ1) is 29.8. The topological polar surface area (TPSA) is 29.0 Å². The van der Waals surface area contributed by atoms with Crippen LogP contribution in [0.3, 0.4) is 0 Å². The number of anilines is 3. The maximum Gasteiger partial charge on any atom is 0.0729 e. The smallest absolute Gasteiger partial charge is 0.0729 e. The fraction of sp³-hybridized carbons (Fsp3) is 0.0175. The van der Waals surface area contributed by atoms with Crippen LogP contribution in [-0.4, -0.2) is 9.97 Å². The van der Waals surface area contributed by atoms with E-state index in [1.165, 1.54) is 60.8 Å². The van der Waals surface area contributed by atoms with E-state index < -0.39 is 5.41 Å². The maximum absolute atomic E-state index is 4.75. The number of hydrogen-bond acceptors (Lipinski definition) is 3. The molecule has 11 rings (SSSR count). The van der Waals surface area contributed by atoms with E-state index in [-0.39, 0.29) is 0 Å². The molecule has 8 aromatic carbocycles. The van der Waals surface area contributed by atoms with Crippen molar-refractivity contribution in [2.75, 3.05) is 4.90 Å². The molecule has 1 atom stereocenters. The SMILES string of the molecule is c1ccc(-c2ccc(C3(c4cccnc4)c4ccccc4-c4c(N(c5ccc(-c6cccnc6)cc5)c5ccc(-c6ccccc6)c6ccccc56)cccc43)cc2)cc1. The van der Waals surface area contributed by atoms with Gasteiger partial charge in [0.1, 0.15) is 0 Å². The molecule has 60 heavy (non-hydrogen) atoms. The number of hydrogen-bond donors (Lipinski definition) is 0. The molecule has 2 aromatic heterocycles. The molecule has 0 bridgehead atoms. The highest BCUT2D eigenvalue weighted by atomic mass is 15.1. The van der Waals surface area contributed by atoms with E-state index in [2.05, 4.69) is 222 Å². The van der Waals surface area contributed by atoms with Gasteiger partial charge in [0.05, 0.1) is 16.8 Å². The summed E-state index contributed by atoms with van der Waals surface area (Å²) in [6.07, 6.45) is 7.66. The van der Waals surface area contributed by atoms with E-state index in [1.807, 2.05) is 24.7 Å². The normalized spacial score (nSPS) is 14.1. The summed E-state index contributed by atoms with van der Waals surface area (Å²) in [5.41, 5.74) is 16.9. The highest BCUT2D eigenvalue weighted by Crippen LogP contribution is 2.60. The minimum atomic E-state index is -0.625. The Labute approximate surface area is 350 Å². The summed E-state index contributed by atoms with van der Waals surface area (Å²) in [6.45, 7) is 0. The van der Waals surface area contributed by atoms with Gasteiger partial charge in [-0.05, 0) is 103 Å². The molecule has 2 heterocycles. The summed E-state index contributed by atoms with van der Waals surface area (Å²) in [6, 6.07) is 77.0. The quantitative estimate of drug-likeness (QED) is 0.154. The van der Waals surface area contributed by atoms with Crippen molar-refractivity contribution in [1.29, 1.82) is 0 Å². The molecule has 0 aliphatic heterocycles. The van der Waals surface area contributed by atoms with Crippen molar-refractivity contribution >= 4 is 27.8 Å². The fourth-order valence-electron chi connectivity index (χ4n) is 9.50. The second-order valence-electron chi connectivity index (χ2n) is 15.3. The van der Waals surface area contributed by atoms with Gasteiger partial charge in [0, 0.05) is 41.4 Å². The highest BCUT2D eigenvalue weighted by molar-refractivity contribution is 6.08. The van der Waals surface area contributed by atoms with Crippen LogP contribution in [0.4, 0.5) is 17.1 Å². The summed E-state index contributed by atoms with van der Waals surface area (Å²) < 4.78 is 0. The first kappa shape index (κ1) is 35.3. The summed E-state index contributed by atoms with van der Waals surface area (Å²) in [5, 5.41) is 2.38. The van der Waals surface area contributed by atoms with Gasteiger partial charge < -0.3 is 4.90 Å². The Hall–Kier alpha value is -7.88. The third kappa shape index (κ3) is 5.74. The monoisotopic (exact) mass is 765 g/mol. The van der Waals surface area contributed by atoms with Crippen molar-refractivity contribution in [2.24, 2.45) is 0 Å². The number of rotatable bonds is 8. The molecule has 0 spiro atoms. The van der Waals surface area contributed by atoms with Crippen molar-refractivity contribution in [1.82, 2.24) is 9.97 Å². The first-order valence-corrected chi connectivity index (χ1v) is 20.5.